The molecule has 0 aromatic carbocycles. The molecule has 16 heavy (non-hydrogen) atoms. The highest BCUT2D eigenvalue weighted by Gasteiger charge is 2.47. The normalized spacial score (nSPS) is 16.1. The van der Waals surface area contributed by atoms with Gasteiger partial charge in [-0.05, 0) is 6.92 Å². The van der Waals surface area contributed by atoms with Crippen LogP contribution in [0.15, 0.2) is 0 Å². The summed E-state index contributed by atoms with van der Waals surface area (Å²) in [5.41, 5.74) is 0. The molecule has 0 fully saturated rings. The molecule has 0 saturated carbocycles. The Morgan fingerprint density at radius 1 is 0.812 bits per heavy atom. The Morgan fingerprint density at radius 3 is 1.50 bits per heavy atom. The molecule has 5 nitrogen and oxygen atoms in total. The van der Waals surface area contributed by atoms with Crippen molar-refractivity contribution in [3.05, 3.63) is 0 Å². The van der Waals surface area contributed by atoms with Gasteiger partial charge in [-0.2, -0.15) is 0 Å². The van der Waals surface area contributed by atoms with Crippen molar-refractivity contribution in [2.45, 2.75) is 32.9 Å². The second-order valence-electron chi connectivity index (χ2n) is 3.38. The van der Waals surface area contributed by atoms with Crippen molar-refractivity contribution in [3.8, 4) is 0 Å². The van der Waals surface area contributed by atoms with Gasteiger partial charge in [-0.15, -0.1) is 0 Å². The maximum atomic E-state index is 5.77. The molecule has 98 valence electrons. The van der Waals surface area contributed by atoms with Gasteiger partial charge < -0.3 is 17.7 Å². The molecule has 0 aromatic heterocycles. The van der Waals surface area contributed by atoms with E-state index in [4.69, 9.17) is 17.7 Å². The predicted octanol–water partition coefficient (Wildman–Crippen LogP) is 1.47. The third kappa shape index (κ3) is 3.91. The summed E-state index contributed by atoms with van der Waals surface area (Å²) in [4.78, 5) is 0. The minimum absolute atomic E-state index is 0.628. The summed E-state index contributed by atoms with van der Waals surface area (Å²) in [5.74, 6) is 0. The lowest BCUT2D eigenvalue weighted by atomic mass is 10.9. The van der Waals surface area contributed by atoms with E-state index in [-0.39, 0.29) is 0 Å². The highest BCUT2D eigenvalue weighted by molar-refractivity contribution is 6.81. The third-order valence-corrected chi connectivity index (χ3v) is 10.3. The molecule has 0 aromatic rings. The van der Waals surface area contributed by atoms with Gasteiger partial charge in [0, 0.05) is 40.0 Å². The van der Waals surface area contributed by atoms with E-state index >= 15 is 0 Å². The van der Waals surface area contributed by atoms with Crippen LogP contribution in [-0.4, -0.2) is 45.4 Å². The summed E-state index contributed by atoms with van der Waals surface area (Å²) in [5, 5.41) is 0. The molecule has 0 aliphatic carbocycles. The summed E-state index contributed by atoms with van der Waals surface area (Å²) in [6, 6.07) is 1.63. The Morgan fingerprint density at radius 2 is 1.25 bits per heavy atom. The smallest absolute Gasteiger partial charge is 0.386 e. The molecule has 0 bridgehead atoms. The maximum Gasteiger partial charge on any atom is 0.421 e. The molecule has 0 spiro atoms. The highest BCUT2D eigenvalue weighted by Crippen LogP contribution is 2.16. The number of rotatable bonds is 9. The van der Waals surface area contributed by atoms with Crippen LogP contribution in [0.5, 0.6) is 0 Å². The van der Waals surface area contributed by atoms with E-state index in [2.05, 4.69) is 11.6 Å². The van der Waals surface area contributed by atoms with Gasteiger partial charge in [-0.25, -0.2) is 0 Å². The summed E-state index contributed by atoms with van der Waals surface area (Å²) in [7, 11) is 0.267. The fourth-order valence-electron chi connectivity index (χ4n) is 1.57. The molecular weight excluding hydrogens is 242 g/mol. The number of hydrogen-bond acceptors (Lipinski definition) is 5. The van der Waals surface area contributed by atoms with Gasteiger partial charge >= 0.3 is 17.4 Å². The zero-order chi connectivity index (χ0) is 12.7. The van der Waals surface area contributed by atoms with Gasteiger partial charge in [0.1, 0.15) is 0 Å². The average molecular weight is 267 g/mol. The largest absolute Gasteiger partial charge is 0.421 e. The lowest BCUT2D eigenvalue weighted by Crippen LogP contribution is -2.69. The van der Waals surface area contributed by atoms with Crippen LogP contribution < -0.4 is 4.65 Å². The van der Waals surface area contributed by atoms with Crippen LogP contribution >= 0.6 is 0 Å². The molecular formula is C9H25NO4Si2. The van der Waals surface area contributed by atoms with E-state index in [9.17, 15) is 0 Å². The van der Waals surface area contributed by atoms with E-state index in [1.807, 2.05) is 13.8 Å². The molecule has 0 heterocycles. The second kappa shape index (κ2) is 7.54. The maximum absolute atomic E-state index is 5.77. The molecule has 1 N–H and O–H groups in total. The summed E-state index contributed by atoms with van der Waals surface area (Å²) < 4.78 is 25.8. The van der Waals surface area contributed by atoms with Crippen molar-refractivity contribution in [2.75, 3.05) is 27.9 Å². The van der Waals surface area contributed by atoms with Gasteiger partial charge in [0.15, 0.2) is 0 Å². The van der Waals surface area contributed by atoms with Crippen LogP contribution in [-0.2, 0) is 17.7 Å². The first-order chi connectivity index (χ1) is 7.57. The number of hydrogen-bond donors (Lipinski definition) is 1. The summed E-state index contributed by atoms with van der Waals surface area (Å²) in [6.07, 6.45) is 0. The van der Waals surface area contributed by atoms with Gasteiger partial charge in [-0.3, -0.25) is 4.65 Å². The van der Waals surface area contributed by atoms with Crippen LogP contribution in [0.1, 0.15) is 20.8 Å². The fourth-order valence-corrected chi connectivity index (χ4v) is 8.64. The Labute approximate surface area is 101 Å². The molecule has 0 aliphatic heterocycles. The van der Waals surface area contributed by atoms with Crippen LogP contribution in [0, 0.1) is 0 Å². The quantitative estimate of drug-likeness (QED) is 0.641. The van der Waals surface area contributed by atoms with E-state index in [1.54, 1.807) is 21.3 Å². The molecule has 7 heteroatoms. The van der Waals surface area contributed by atoms with Gasteiger partial charge in [-0.1, -0.05) is 13.8 Å². The molecule has 0 saturated heterocycles. The highest BCUT2D eigenvalue weighted by atomic mass is 28.4. The van der Waals surface area contributed by atoms with E-state index in [1.165, 1.54) is 0 Å². The van der Waals surface area contributed by atoms with Crippen LogP contribution in [0.3, 0.4) is 0 Å². The standard InChI is InChI=1S/C9H25NO4Si2/c1-7-14-16(9-3,13-6)10-15(8-2,11-4)12-5/h10H,7-9H2,1-6H3. The second-order valence-corrected chi connectivity index (χ2v) is 10.3. The third-order valence-electron chi connectivity index (χ3n) is 2.68. The minimum Gasteiger partial charge on any atom is -0.386 e. The Balaban J connectivity index is 4.81. The molecule has 0 aliphatic rings. The SMILES string of the molecule is CCO[Si](CC)(N[Si](CC)(OC)OC)OC. The van der Waals surface area contributed by atoms with Gasteiger partial charge in [0.25, 0.3) is 0 Å². The van der Waals surface area contributed by atoms with Gasteiger partial charge in [0.2, 0.25) is 0 Å². The first kappa shape index (κ1) is 16.2. The van der Waals surface area contributed by atoms with Crippen LogP contribution in [0.4, 0.5) is 0 Å². The molecule has 0 rings (SSSR count). The average Bonchev–Trinajstić information content (AvgIpc) is 2.35. The van der Waals surface area contributed by atoms with Gasteiger partial charge in [0.05, 0.1) is 0 Å². The topological polar surface area (TPSA) is 49.0 Å². The Bertz CT molecular complexity index is 178. The summed E-state index contributed by atoms with van der Waals surface area (Å²) >= 11 is 0. The first-order valence-corrected chi connectivity index (χ1v) is 9.71. The zero-order valence-electron chi connectivity index (χ0n) is 11.3. The Kier molecular flexibility index (Phi) is 7.65. The van der Waals surface area contributed by atoms with E-state index in [0.717, 1.165) is 12.1 Å². The lowest BCUT2D eigenvalue weighted by molar-refractivity contribution is 0.183. The number of nitrogens with one attached hydrogen (secondary N) is 1. The first-order valence-electron chi connectivity index (χ1n) is 5.66. The van der Waals surface area contributed by atoms with E-state index < -0.39 is 17.4 Å². The monoisotopic (exact) mass is 267 g/mol. The fraction of sp³-hybridized carbons (Fsp3) is 1.00. The van der Waals surface area contributed by atoms with Crippen molar-refractivity contribution in [3.63, 3.8) is 0 Å². The lowest BCUT2D eigenvalue weighted by Gasteiger charge is -2.36. The van der Waals surface area contributed by atoms with Crippen molar-refractivity contribution in [2.24, 2.45) is 0 Å². The van der Waals surface area contributed by atoms with E-state index in [0.29, 0.717) is 6.61 Å². The summed E-state index contributed by atoms with van der Waals surface area (Å²) in [6.45, 7) is 6.69. The Hall–Kier alpha value is 0.234. The van der Waals surface area contributed by atoms with Crippen molar-refractivity contribution in [1.29, 1.82) is 0 Å². The molecule has 1 atom stereocenters. The molecule has 0 amide bonds. The predicted molar refractivity (Wildman–Crippen MR) is 68.3 cm³/mol. The van der Waals surface area contributed by atoms with Crippen LogP contribution in [0.2, 0.25) is 12.1 Å². The van der Waals surface area contributed by atoms with Crippen molar-refractivity contribution < 1.29 is 17.7 Å². The zero-order valence-corrected chi connectivity index (χ0v) is 13.3. The molecule has 1 unspecified atom stereocenters. The van der Waals surface area contributed by atoms with Crippen molar-refractivity contribution in [1.82, 2.24) is 4.65 Å². The van der Waals surface area contributed by atoms with Crippen molar-refractivity contribution >= 4 is 17.4 Å². The van der Waals surface area contributed by atoms with Crippen LogP contribution in [0.25, 0.3) is 0 Å². The minimum atomic E-state index is -2.38. The molecule has 0 radical (unpaired) electrons.